The van der Waals surface area contributed by atoms with Gasteiger partial charge in [-0.25, -0.2) is 14.8 Å². The average Bonchev–Trinajstić information content (AvgIpc) is 3.16. The van der Waals surface area contributed by atoms with Crippen LogP contribution in [0.25, 0.3) is 10.2 Å². The van der Waals surface area contributed by atoms with Crippen LogP contribution in [0.1, 0.15) is 17.4 Å². The zero-order valence-corrected chi connectivity index (χ0v) is 17.3. The van der Waals surface area contributed by atoms with Gasteiger partial charge in [-0.3, -0.25) is 4.79 Å². The van der Waals surface area contributed by atoms with Crippen molar-refractivity contribution >= 4 is 45.2 Å². The highest BCUT2D eigenvalue weighted by molar-refractivity contribution is 8.00. The van der Waals surface area contributed by atoms with Gasteiger partial charge in [-0.05, 0) is 18.1 Å². The molecule has 0 spiro atoms. The van der Waals surface area contributed by atoms with E-state index in [-0.39, 0.29) is 11.7 Å². The quantitative estimate of drug-likeness (QED) is 0.346. The molecule has 2 heterocycles. The first-order valence-corrected chi connectivity index (χ1v) is 10.7. The molecule has 3 aromatic rings. The van der Waals surface area contributed by atoms with Crippen molar-refractivity contribution in [3.05, 3.63) is 53.2 Å². The lowest BCUT2D eigenvalue weighted by atomic mass is 10.1. The normalized spacial score (nSPS) is 11.9. The van der Waals surface area contributed by atoms with Crippen LogP contribution in [-0.4, -0.2) is 40.7 Å². The van der Waals surface area contributed by atoms with Gasteiger partial charge in [0.1, 0.15) is 22.2 Å². The summed E-state index contributed by atoms with van der Waals surface area (Å²) in [6.45, 7) is 2.10. The summed E-state index contributed by atoms with van der Waals surface area (Å²) >= 11 is 2.98. The summed E-state index contributed by atoms with van der Waals surface area (Å²) in [6, 6.07) is 10.9. The Morgan fingerprint density at radius 1 is 1.25 bits per heavy atom. The van der Waals surface area contributed by atoms with E-state index in [4.69, 9.17) is 4.74 Å². The van der Waals surface area contributed by atoms with Gasteiger partial charge in [-0.1, -0.05) is 49.0 Å². The maximum Gasteiger partial charge on any atom is 0.328 e. The molecule has 1 atom stereocenters. The van der Waals surface area contributed by atoms with Crippen molar-refractivity contribution in [1.29, 1.82) is 0 Å². The van der Waals surface area contributed by atoms with E-state index in [1.807, 2.05) is 30.3 Å². The van der Waals surface area contributed by atoms with Gasteiger partial charge in [-0.2, -0.15) is 0 Å². The van der Waals surface area contributed by atoms with Crippen LogP contribution in [0.4, 0.5) is 0 Å². The number of carbonyl (C=O) groups is 2. The first kappa shape index (κ1) is 20.3. The van der Waals surface area contributed by atoms with Crippen LogP contribution in [0, 0.1) is 0 Å². The molecule has 146 valence electrons. The number of carbonyl (C=O) groups excluding carboxylic acids is 2. The third kappa shape index (κ3) is 5.08. The summed E-state index contributed by atoms with van der Waals surface area (Å²) in [4.78, 5) is 35.3. The zero-order valence-electron chi connectivity index (χ0n) is 15.7. The van der Waals surface area contributed by atoms with Crippen LogP contribution in [0.15, 0.2) is 47.8 Å². The molecule has 2 aromatic heterocycles. The lowest BCUT2D eigenvalue weighted by molar-refractivity contribution is -0.144. The molecule has 0 aliphatic carbocycles. The number of amides is 1. The van der Waals surface area contributed by atoms with Gasteiger partial charge in [0.15, 0.2) is 0 Å². The standard InChI is InChI=1S/C20H21N3O3S2/c1-3-14-10-15-18(21-12-22-19(15)28-14)27-11-17(24)23-16(20(25)26-2)9-13-7-5-4-6-8-13/h4-8,10,12,16H,3,9,11H2,1-2H3,(H,23,24)/t16-/m1/s1. The van der Waals surface area contributed by atoms with Crippen LogP contribution in [0.5, 0.6) is 0 Å². The Kier molecular flexibility index (Phi) is 7.00. The van der Waals surface area contributed by atoms with Gasteiger partial charge in [0.05, 0.1) is 12.9 Å². The highest BCUT2D eigenvalue weighted by atomic mass is 32.2. The summed E-state index contributed by atoms with van der Waals surface area (Å²) in [6.07, 6.45) is 2.84. The Morgan fingerprint density at radius 2 is 2.04 bits per heavy atom. The highest BCUT2D eigenvalue weighted by Gasteiger charge is 2.22. The summed E-state index contributed by atoms with van der Waals surface area (Å²) in [7, 11) is 1.32. The number of thioether (sulfide) groups is 1. The Hall–Kier alpha value is -2.45. The smallest absolute Gasteiger partial charge is 0.328 e. The van der Waals surface area contributed by atoms with E-state index in [0.717, 1.165) is 27.2 Å². The summed E-state index contributed by atoms with van der Waals surface area (Å²) in [5.74, 6) is -0.544. The maximum atomic E-state index is 12.5. The molecule has 1 amide bonds. The molecule has 0 bridgehead atoms. The number of thiophene rings is 1. The molecule has 0 unspecified atom stereocenters. The van der Waals surface area contributed by atoms with Crippen molar-refractivity contribution in [2.75, 3.05) is 12.9 Å². The molecule has 0 radical (unpaired) electrons. The number of rotatable bonds is 8. The summed E-state index contributed by atoms with van der Waals surface area (Å²) in [5.41, 5.74) is 0.953. The minimum Gasteiger partial charge on any atom is -0.467 e. The van der Waals surface area contributed by atoms with Gasteiger partial charge in [0.2, 0.25) is 5.91 Å². The number of esters is 1. The number of methoxy groups -OCH3 is 1. The highest BCUT2D eigenvalue weighted by Crippen LogP contribution is 2.30. The van der Waals surface area contributed by atoms with E-state index in [1.54, 1.807) is 11.3 Å². The number of nitrogens with zero attached hydrogens (tertiary/aromatic N) is 2. The SMILES string of the molecule is CCc1cc2c(SCC(=O)N[C@H](Cc3ccccc3)C(=O)OC)ncnc2s1. The second-order valence-corrected chi connectivity index (χ2v) is 8.16. The zero-order chi connectivity index (χ0) is 19.9. The van der Waals surface area contributed by atoms with Gasteiger partial charge >= 0.3 is 5.97 Å². The fourth-order valence-corrected chi connectivity index (χ4v) is 4.51. The number of hydrogen-bond acceptors (Lipinski definition) is 7. The minimum atomic E-state index is -0.723. The summed E-state index contributed by atoms with van der Waals surface area (Å²) < 4.78 is 4.84. The molecule has 0 saturated carbocycles. The Bertz CT molecular complexity index is 960. The molecule has 0 aliphatic rings. The number of aromatic nitrogens is 2. The minimum absolute atomic E-state index is 0.158. The first-order chi connectivity index (χ1) is 13.6. The fourth-order valence-electron chi connectivity index (χ4n) is 2.73. The monoisotopic (exact) mass is 415 g/mol. The molecule has 6 nitrogen and oxygen atoms in total. The lowest BCUT2D eigenvalue weighted by Crippen LogP contribution is -2.43. The second kappa shape index (κ2) is 9.66. The van der Waals surface area contributed by atoms with E-state index < -0.39 is 12.0 Å². The van der Waals surface area contributed by atoms with Crippen molar-refractivity contribution in [2.45, 2.75) is 30.8 Å². The largest absolute Gasteiger partial charge is 0.467 e. The van der Waals surface area contributed by atoms with Gasteiger partial charge in [0, 0.05) is 16.7 Å². The molecular weight excluding hydrogens is 394 g/mol. The molecule has 1 aromatic carbocycles. The van der Waals surface area contributed by atoms with Gasteiger partial charge in [-0.15, -0.1) is 11.3 Å². The van der Waals surface area contributed by atoms with E-state index >= 15 is 0 Å². The van der Waals surface area contributed by atoms with Gasteiger partial charge in [0.25, 0.3) is 0 Å². The number of hydrogen-bond donors (Lipinski definition) is 1. The molecule has 3 rings (SSSR count). The van der Waals surface area contributed by atoms with E-state index in [1.165, 1.54) is 30.1 Å². The predicted molar refractivity (Wildman–Crippen MR) is 112 cm³/mol. The molecule has 1 N–H and O–H groups in total. The van der Waals surface area contributed by atoms with Crippen LogP contribution in [-0.2, 0) is 27.2 Å². The number of nitrogens with one attached hydrogen (secondary N) is 1. The first-order valence-electron chi connectivity index (χ1n) is 8.88. The van der Waals surface area contributed by atoms with Crippen molar-refractivity contribution in [3.63, 3.8) is 0 Å². The van der Waals surface area contributed by atoms with Crippen LogP contribution in [0.2, 0.25) is 0 Å². The average molecular weight is 416 g/mol. The number of aryl methyl sites for hydroxylation is 1. The Balaban J connectivity index is 1.65. The van der Waals surface area contributed by atoms with Crippen LogP contribution >= 0.6 is 23.1 Å². The Morgan fingerprint density at radius 3 is 2.75 bits per heavy atom. The second-order valence-electron chi connectivity index (χ2n) is 6.09. The third-order valence-corrected chi connectivity index (χ3v) is 6.33. The van der Waals surface area contributed by atoms with Crippen molar-refractivity contribution < 1.29 is 14.3 Å². The molecule has 0 aliphatic heterocycles. The lowest BCUT2D eigenvalue weighted by Gasteiger charge is -2.16. The van der Waals surface area contributed by atoms with Crippen molar-refractivity contribution in [3.8, 4) is 0 Å². The maximum absolute atomic E-state index is 12.5. The molecular formula is C20H21N3O3S2. The number of benzene rings is 1. The van der Waals surface area contributed by atoms with Crippen molar-refractivity contribution in [2.24, 2.45) is 0 Å². The van der Waals surface area contributed by atoms with Crippen molar-refractivity contribution in [1.82, 2.24) is 15.3 Å². The number of ether oxygens (including phenoxy) is 1. The topological polar surface area (TPSA) is 81.2 Å². The van der Waals surface area contributed by atoms with Crippen LogP contribution in [0.3, 0.4) is 0 Å². The molecule has 0 saturated heterocycles. The van der Waals surface area contributed by atoms with Crippen LogP contribution < -0.4 is 5.32 Å². The number of fused-ring (bicyclic) bond motifs is 1. The molecule has 0 fully saturated rings. The van der Waals surface area contributed by atoms with E-state index in [9.17, 15) is 9.59 Å². The van der Waals surface area contributed by atoms with Gasteiger partial charge < -0.3 is 10.1 Å². The fraction of sp³-hybridized carbons (Fsp3) is 0.300. The molecule has 8 heteroatoms. The predicted octanol–water partition coefficient (Wildman–Crippen LogP) is 3.25. The summed E-state index contributed by atoms with van der Waals surface area (Å²) in [5, 5.41) is 4.52. The Labute approximate surface area is 171 Å². The van der Waals surface area contributed by atoms with E-state index in [2.05, 4.69) is 28.3 Å². The van der Waals surface area contributed by atoms with E-state index in [0.29, 0.717) is 6.42 Å². The molecule has 28 heavy (non-hydrogen) atoms. The third-order valence-electron chi connectivity index (χ3n) is 4.14.